The van der Waals surface area contributed by atoms with Crippen molar-refractivity contribution < 1.29 is 14.4 Å². The van der Waals surface area contributed by atoms with Crippen molar-refractivity contribution in [2.75, 3.05) is 5.01 Å². The Balaban J connectivity index is 1.82. The summed E-state index contributed by atoms with van der Waals surface area (Å²) in [6.45, 7) is 0. The van der Waals surface area contributed by atoms with E-state index in [0.29, 0.717) is 30.1 Å². The van der Waals surface area contributed by atoms with E-state index in [2.05, 4.69) is 42.2 Å². The standard InChI is InChI=1S/C27H15Br2ClN4O4/c28-17-13-18-24(19(29)14-17)32-25(34(27(18)38)33-22(35)10-11-23(33)36)21(12-16-8-4-5-9-20(16)30)31-26(37)15-6-2-1-3-7-15/h1-14H,(H,31,37)/b21-12-. The summed E-state index contributed by atoms with van der Waals surface area (Å²) in [5.41, 5.74) is 0.443. The molecule has 8 nitrogen and oxygen atoms in total. The molecular weight excluding hydrogens is 640 g/mol. The van der Waals surface area contributed by atoms with Crippen LogP contribution in [0.25, 0.3) is 22.7 Å². The summed E-state index contributed by atoms with van der Waals surface area (Å²) in [5, 5.41) is 3.97. The van der Waals surface area contributed by atoms with E-state index >= 15 is 0 Å². The number of amides is 3. The molecule has 11 heteroatoms. The fourth-order valence-corrected chi connectivity index (χ4v) is 5.35. The third-order valence-corrected chi connectivity index (χ3v) is 6.99. The molecule has 188 valence electrons. The van der Waals surface area contributed by atoms with Gasteiger partial charge in [-0.25, -0.2) is 4.98 Å². The van der Waals surface area contributed by atoms with Crippen LogP contribution in [0.4, 0.5) is 0 Å². The number of carbonyl (C=O) groups excluding carboxylic acids is 3. The molecule has 1 aliphatic heterocycles. The fourth-order valence-electron chi connectivity index (χ4n) is 3.84. The largest absolute Gasteiger partial charge is 0.319 e. The lowest BCUT2D eigenvalue weighted by Gasteiger charge is -2.22. The summed E-state index contributed by atoms with van der Waals surface area (Å²) in [5.74, 6) is -2.13. The first kappa shape index (κ1) is 25.8. The summed E-state index contributed by atoms with van der Waals surface area (Å²) < 4.78 is 1.92. The summed E-state index contributed by atoms with van der Waals surface area (Å²) in [4.78, 5) is 57.2. The first-order valence-corrected chi connectivity index (χ1v) is 13.0. The number of imide groups is 1. The second-order valence-electron chi connectivity index (χ2n) is 8.06. The van der Waals surface area contributed by atoms with Gasteiger partial charge in [-0.1, -0.05) is 63.9 Å². The Hall–Kier alpha value is -3.86. The first-order valence-electron chi connectivity index (χ1n) is 11.1. The van der Waals surface area contributed by atoms with Gasteiger partial charge in [0.15, 0.2) is 5.82 Å². The van der Waals surface area contributed by atoms with E-state index < -0.39 is 23.3 Å². The number of aromatic nitrogens is 2. The average molecular weight is 655 g/mol. The second kappa shape index (κ2) is 10.5. The highest BCUT2D eigenvalue weighted by Crippen LogP contribution is 2.28. The zero-order valence-electron chi connectivity index (χ0n) is 19.2. The van der Waals surface area contributed by atoms with Crippen molar-refractivity contribution in [2.24, 2.45) is 0 Å². The first-order chi connectivity index (χ1) is 18.2. The Morgan fingerprint density at radius 1 is 0.921 bits per heavy atom. The van der Waals surface area contributed by atoms with E-state index in [1.54, 1.807) is 60.7 Å². The van der Waals surface area contributed by atoms with Gasteiger partial charge >= 0.3 is 0 Å². The lowest BCUT2D eigenvalue weighted by Crippen LogP contribution is -2.49. The maximum absolute atomic E-state index is 13.9. The van der Waals surface area contributed by atoms with Gasteiger partial charge in [0, 0.05) is 31.7 Å². The molecule has 0 saturated heterocycles. The number of benzene rings is 3. The van der Waals surface area contributed by atoms with Gasteiger partial charge < -0.3 is 5.32 Å². The highest BCUT2D eigenvalue weighted by atomic mass is 79.9. The Bertz CT molecular complexity index is 1750. The molecule has 1 aromatic heterocycles. The number of rotatable bonds is 5. The van der Waals surface area contributed by atoms with E-state index in [0.717, 1.165) is 16.8 Å². The molecule has 5 rings (SSSR count). The number of nitrogens with zero attached hydrogens (tertiary/aromatic N) is 3. The van der Waals surface area contributed by atoms with Crippen LogP contribution in [0.3, 0.4) is 0 Å². The van der Waals surface area contributed by atoms with Crippen molar-refractivity contribution in [3.63, 3.8) is 0 Å². The molecule has 2 heterocycles. The molecule has 0 bridgehead atoms. The Labute approximate surface area is 237 Å². The van der Waals surface area contributed by atoms with Crippen LogP contribution in [0.5, 0.6) is 0 Å². The second-order valence-corrected chi connectivity index (χ2v) is 10.2. The maximum atomic E-state index is 13.9. The van der Waals surface area contributed by atoms with Crippen LogP contribution in [-0.2, 0) is 9.59 Å². The number of halogens is 3. The summed E-state index contributed by atoms with van der Waals surface area (Å²) in [6, 6.07) is 18.5. The van der Waals surface area contributed by atoms with Crippen molar-refractivity contribution in [1.82, 2.24) is 15.0 Å². The zero-order chi connectivity index (χ0) is 27.0. The third kappa shape index (κ3) is 4.85. The Morgan fingerprint density at radius 2 is 1.58 bits per heavy atom. The van der Waals surface area contributed by atoms with E-state index in [1.807, 2.05) is 0 Å². The fraction of sp³-hybridized carbons (Fsp3) is 0. The van der Waals surface area contributed by atoms with Crippen LogP contribution in [0.2, 0.25) is 5.02 Å². The van der Waals surface area contributed by atoms with Gasteiger partial charge in [-0.2, -0.15) is 9.69 Å². The maximum Gasteiger partial charge on any atom is 0.281 e. The molecule has 0 fully saturated rings. The van der Waals surface area contributed by atoms with E-state index in [1.165, 1.54) is 12.1 Å². The number of fused-ring (bicyclic) bond motifs is 1. The third-order valence-electron chi connectivity index (χ3n) is 5.59. The van der Waals surface area contributed by atoms with Crippen molar-refractivity contribution in [3.8, 4) is 0 Å². The van der Waals surface area contributed by atoms with Crippen LogP contribution in [-0.4, -0.2) is 27.4 Å². The molecule has 1 aliphatic rings. The van der Waals surface area contributed by atoms with Gasteiger partial charge in [-0.3, -0.25) is 19.2 Å². The molecule has 0 aliphatic carbocycles. The highest BCUT2D eigenvalue weighted by molar-refractivity contribution is 9.11. The van der Waals surface area contributed by atoms with Crippen LogP contribution in [0.15, 0.2) is 92.6 Å². The molecule has 0 atom stereocenters. The molecule has 38 heavy (non-hydrogen) atoms. The minimum atomic E-state index is -0.736. The van der Waals surface area contributed by atoms with Crippen molar-refractivity contribution >= 4 is 83.9 Å². The Kier molecular flexibility index (Phi) is 7.11. The van der Waals surface area contributed by atoms with Crippen LogP contribution >= 0.6 is 43.5 Å². The number of hydrogen-bond donors (Lipinski definition) is 1. The summed E-state index contributed by atoms with van der Waals surface area (Å²) in [7, 11) is 0. The number of nitrogens with one attached hydrogen (secondary N) is 1. The van der Waals surface area contributed by atoms with Crippen molar-refractivity contribution in [2.45, 2.75) is 0 Å². The van der Waals surface area contributed by atoms with Crippen LogP contribution in [0.1, 0.15) is 21.7 Å². The number of carbonyl (C=O) groups is 3. The van der Waals surface area contributed by atoms with Gasteiger partial charge in [0.2, 0.25) is 0 Å². The molecule has 0 spiro atoms. The van der Waals surface area contributed by atoms with Gasteiger partial charge in [0.25, 0.3) is 23.3 Å². The monoisotopic (exact) mass is 652 g/mol. The molecular formula is C27H15Br2ClN4O4. The smallest absolute Gasteiger partial charge is 0.281 e. The topological polar surface area (TPSA) is 101 Å². The molecule has 4 aromatic rings. The van der Waals surface area contributed by atoms with E-state index in [-0.39, 0.29) is 22.4 Å². The normalized spacial score (nSPS) is 13.4. The highest BCUT2D eigenvalue weighted by Gasteiger charge is 2.31. The molecule has 3 amide bonds. The number of hydrogen-bond acceptors (Lipinski definition) is 5. The molecule has 0 saturated carbocycles. The summed E-state index contributed by atoms with van der Waals surface area (Å²) in [6.07, 6.45) is 3.64. The Morgan fingerprint density at radius 3 is 2.26 bits per heavy atom. The average Bonchev–Trinajstić information content (AvgIpc) is 3.23. The summed E-state index contributed by atoms with van der Waals surface area (Å²) >= 11 is 13.2. The van der Waals surface area contributed by atoms with Gasteiger partial charge in [0.1, 0.15) is 0 Å². The minimum Gasteiger partial charge on any atom is -0.319 e. The predicted octanol–water partition coefficient (Wildman–Crippen LogP) is 5.06. The van der Waals surface area contributed by atoms with Crippen LogP contribution in [0, 0.1) is 0 Å². The molecule has 0 radical (unpaired) electrons. The molecule has 1 N–H and O–H groups in total. The van der Waals surface area contributed by atoms with E-state index in [4.69, 9.17) is 11.6 Å². The van der Waals surface area contributed by atoms with Gasteiger partial charge in [0.05, 0.1) is 16.6 Å². The predicted molar refractivity (Wildman–Crippen MR) is 152 cm³/mol. The van der Waals surface area contributed by atoms with Crippen molar-refractivity contribution in [3.05, 3.63) is 120 Å². The molecule has 3 aromatic carbocycles. The van der Waals surface area contributed by atoms with Crippen LogP contribution < -0.4 is 15.9 Å². The van der Waals surface area contributed by atoms with E-state index in [9.17, 15) is 19.2 Å². The lowest BCUT2D eigenvalue weighted by molar-refractivity contribution is -0.122. The SMILES string of the molecule is O=C(N/C(=C\c1ccccc1Cl)c1nc2c(Br)cc(Br)cc2c(=O)n1N1C(=O)C=CC1=O)c1ccccc1. The zero-order valence-corrected chi connectivity index (χ0v) is 23.1. The quantitative estimate of drug-likeness (QED) is 0.303. The molecule has 0 unspecified atom stereocenters. The van der Waals surface area contributed by atoms with Gasteiger partial charge in [-0.05, 0) is 57.9 Å². The minimum absolute atomic E-state index is 0.0354. The van der Waals surface area contributed by atoms with Gasteiger partial charge in [-0.15, -0.1) is 0 Å². The van der Waals surface area contributed by atoms with Crippen molar-refractivity contribution in [1.29, 1.82) is 0 Å². The lowest BCUT2D eigenvalue weighted by atomic mass is 10.1.